The van der Waals surface area contributed by atoms with Gasteiger partial charge in [-0.2, -0.15) is 8.78 Å². The number of nitrogens with one attached hydrogen (secondary N) is 1. The van der Waals surface area contributed by atoms with Crippen LogP contribution in [0, 0.1) is 6.92 Å². The molecule has 0 atom stereocenters. The standard InChI is InChI=1S/C27H26F2N6O2/c1-3-33-12-14-34(15-13-33)26(36)22-9-6-20(16-18(22)2)32-24-25-31-17-23(35(25)11-10-30-24)19-4-7-21(8-5-19)37-27(28)29/h3-11,16-17,27H,1,12-15H2,2H3,(H,30,32). The van der Waals surface area contributed by atoms with Gasteiger partial charge in [-0.25, -0.2) is 9.97 Å². The number of ether oxygens (including phenoxy) is 1. The molecule has 8 nitrogen and oxygen atoms in total. The Morgan fingerprint density at radius 3 is 2.54 bits per heavy atom. The Bertz CT molecular complexity index is 1430. The minimum absolute atomic E-state index is 0.0239. The predicted octanol–water partition coefficient (Wildman–Crippen LogP) is 4.95. The minimum Gasteiger partial charge on any atom is -0.435 e. The van der Waals surface area contributed by atoms with Crippen LogP contribution in [0.1, 0.15) is 15.9 Å². The quantitative estimate of drug-likeness (QED) is 0.384. The normalized spacial score (nSPS) is 13.7. The summed E-state index contributed by atoms with van der Waals surface area (Å²) in [5.74, 6) is 0.661. The Hall–Kier alpha value is -4.47. The number of piperazine rings is 1. The van der Waals surface area contributed by atoms with Gasteiger partial charge in [-0.1, -0.05) is 6.58 Å². The van der Waals surface area contributed by atoms with Gasteiger partial charge in [0.2, 0.25) is 0 Å². The van der Waals surface area contributed by atoms with Crippen LogP contribution in [0.2, 0.25) is 0 Å². The lowest BCUT2D eigenvalue weighted by molar-refractivity contribution is -0.0498. The number of anilines is 2. The summed E-state index contributed by atoms with van der Waals surface area (Å²) in [5, 5.41) is 3.30. The molecule has 37 heavy (non-hydrogen) atoms. The van der Waals surface area contributed by atoms with E-state index in [2.05, 4.69) is 31.5 Å². The molecule has 3 heterocycles. The van der Waals surface area contributed by atoms with E-state index in [-0.39, 0.29) is 11.7 Å². The van der Waals surface area contributed by atoms with E-state index in [0.717, 1.165) is 35.6 Å². The molecule has 190 valence electrons. The van der Waals surface area contributed by atoms with Crippen molar-refractivity contribution in [2.45, 2.75) is 13.5 Å². The summed E-state index contributed by atoms with van der Waals surface area (Å²) in [6, 6.07) is 12.0. The van der Waals surface area contributed by atoms with Gasteiger partial charge in [0.25, 0.3) is 5.91 Å². The van der Waals surface area contributed by atoms with Gasteiger partial charge in [0.1, 0.15) is 5.75 Å². The Kier molecular flexibility index (Phi) is 6.72. The van der Waals surface area contributed by atoms with E-state index in [1.807, 2.05) is 40.6 Å². The van der Waals surface area contributed by atoms with Crippen LogP contribution in [-0.4, -0.2) is 62.9 Å². The summed E-state index contributed by atoms with van der Waals surface area (Å²) in [6.45, 7) is 5.74. The molecule has 2 aromatic heterocycles. The van der Waals surface area contributed by atoms with E-state index in [0.29, 0.717) is 30.1 Å². The van der Waals surface area contributed by atoms with E-state index in [1.165, 1.54) is 12.1 Å². The van der Waals surface area contributed by atoms with E-state index < -0.39 is 6.61 Å². The van der Waals surface area contributed by atoms with Crippen LogP contribution >= 0.6 is 0 Å². The van der Waals surface area contributed by atoms with Crippen LogP contribution in [0.15, 0.2) is 73.8 Å². The third-order valence-electron chi connectivity index (χ3n) is 6.38. The van der Waals surface area contributed by atoms with Crippen molar-refractivity contribution < 1.29 is 18.3 Å². The largest absolute Gasteiger partial charge is 0.435 e. The van der Waals surface area contributed by atoms with E-state index in [1.54, 1.807) is 30.7 Å². The fourth-order valence-electron chi connectivity index (χ4n) is 4.42. The molecule has 0 unspecified atom stereocenters. The minimum atomic E-state index is -2.87. The van der Waals surface area contributed by atoms with E-state index >= 15 is 0 Å². The zero-order valence-electron chi connectivity index (χ0n) is 20.3. The van der Waals surface area contributed by atoms with Crippen LogP contribution in [0.25, 0.3) is 16.9 Å². The number of carbonyl (C=O) groups is 1. The number of benzene rings is 2. The van der Waals surface area contributed by atoms with Gasteiger partial charge >= 0.3 is 6.61 Å². The molecule has 4 aromatic rings. The molecule has 2 aromatic carbocycles. The van der Waals surface area contributed by atoms with Gasteiger partial charge in [0.05, 0.1) is 11.9 Å². The van der Waals surface area contributed by atoms with Crippen molar-refractivity contribution in [3.63, 3.8) is 0 Å². The zero-order chi connectivity index (χ0) is 25.9. The Labute approximate surface area is 212 Å². The number of nitrogens with zero attached hydrogens (tertiary/aromatic N) is 5. The van der Waals surface area contributed by atoms with Gasteiger partial charge in [-0.3, -0.25) is 9.20 Å². The van der Waals surface area contributed by atoms with Gasteiger partial charge in [-0.15, -0.1) is 0 Å². The van der Waals surface area contributed by atoms with Crippen molar-refractivity contribution in [3.05, 3.63) is 85.0 Å². The maximum Gasteiger partial charge on any atom is 0.387 e. The summed E-state index contributed by atoms with van der Waals surface area (Å²) in [7, 11) is 0. The van der Waals surface area contributed by atoms with Crippen molar-refractivity contribution in [1.29, 1.82) is 0 Å². The lowest BCUT2D eigenvalue weighted by atomic mass is 10.1. The topological polar surface area (TPSA) is 75.0 Å². The highest BCUT2D eigenvalue weighted by Crippen LogP contribution is 2.28. The lowest BCUT2D eigenvalue weighted by Gasteiger charge is -2.34. The van der Waals surface area contributed by atoms with Gasteiger partial charge < -0.3 is 19.9 Å². The number of aryl methyl sites for hydroxylation is 1. The average molecular weight is 505 g/mol. The lowest BCUT2D eigenvalue weighted by Crippen LogP contribution is -2.46. The summed E-state index contributed by atoms with van der Waals surface area (Å²) in [5.41, 5.74) is 4.48. The predicted molar refractivity (Wildman–Crippen MR) is 137 cm³/mol. The number of fused-ring (bicyclic) bond motifs is 1. The number of carbonyl (C=O) groups excluding carboxylic acids is 1. The van der Waals surface area contributed by atoms with Crippen molar-refractivity contribution in [1.82, 2.24) is 24.2 Å². The molecule has 0 spiro atoms. The molecule has 0 aliphatic carbocycles. The molecule has 10 heteroatoms. The summed E-state index contributed by atoms with van der Waals surface area (Å²) < 4.78 is 31.2. The summed E-state index contributed by atoms with van der Waals surface area (Å²) in [4.78, 5) is 26.0. The molecule has 1 aliphatic rings. The second-order valence-corrected chi connectivity index (χ2v) is 8.68. The highest BCUT2D eigenvalue weighted by Gasteiger charge is 2.22. The first-order chi connectivity index (χ1) is 17.9. The third kappa shape index (κ3) is 5.09. The Morgan fingerprint density at radius 1 is 1.11 bits per heavy atom. The molecule has 1 saturated heterocycles. The van der Waals surface area contributed by atoms with Crippen molar-refractivity contribution >= 4 is 23.1 Å². The van der Waals surface area contributed by atoms with E-state index in [9.17, 15) is 13.6 Å². The maximum absolute atomic E-state index is 13.1. The number of amides is 1. The average Bonchev–Trinajstić information content (AvgIpc) is 3.34. The number of imidazole rings is 1. The van der Waals surface area contributed by atoms with Crippen LogP contribution in [-0.2, 0) is 0 Å². The highest BCUT2D eigenvalue weighted by molar-refractivity contribution is 5.96. The molecule has 1 N–H and O–H groups in total. The number of alkyl halides is 2. The molecular formula is C27H26F2N6O2. The smallest absolute Gasteiger partial charge is 0.387 e. The van der Waals surface area contributed by atoms with Crippen LogP contribution in [0.5, 0.6) is 5.75 Å². The Morgan fingerprint density at radius 2 is 1.86 bits per heavy atom. The molecule has 1 aliphatic heterocycles. The second kappa shape index (κ2) is 10.3. The van der Waals surface area contributed by atoms with Crippen molar-refractivity contribution in [3.8, 4) is 17.0 Å². The van der Waals surface area contributed by atoms with Crippen molar-refractivity contribution in [2.75, 3.05) is 31.5 Å². The number of aromatic nitrogens is 3. The molecule has 0 saturated carbocycles. The molecular weight excluding hydrogens is 478 g/mol. The van der Waals surface area contributed by atoms with Crippen LogP contribution in [0.4, 0.5) is 20.3 Å². The highest BCUT2D eigenvalue weighted by atomic mass is 19.3. The first-order valence-electron chi connectivity index (χ1n) is 11.8. The Balaban J connectivity index is 1.34. The first-order valence-corrected chi connectivity index (χ1v) is 11.8. The first kappa shape index (κ1) is 24.2. The van der Waals surface area contributed by atoms with Crippen LogP contribution < -0.4 is 10.1 Å². The van der Waals surface area contributed by atoms with Gasteiger partial charge in [-0.05, 0) is 61.2 Å². The van der Waals surface area contributed by atoms with Gasteiger partial charge in [0.15, 0.2) is 11.5 Å². The molecule has 0 radical (unpaired) electrons. The third-order valence-corrected chi connectivity index (χ3v) is 6.38. The fraction of sp³-hybridized carbons (Fsp3) is 0.222. The molecule has 1 amide bonds. The second-order valence-electron chi connectivity index (χ2n) is 8.68. The number of rotatable bonds is 7. The zero-order valence-corrected chi connectivity index (χ0v) is 20.3. The summed E-state index contributed by atoms with van der Waals surface area (Å²) >= 11 is 0. The SMILES string of the molecule is C=CN1CCN(C(=O)c2ccc(Nc3nccn4c(-c5ccc(OC(F)F)cc5)cnc34)cc2C)CC1. The van der Waals surface area contributed by atoms with Crippen molar-refractivity contribution in [2.24, 2.45) is 0 Å². The number of hydrogen-bond donors (Lipinski definition) is 1. The van der Waals surface area contributed by atoms with Gasteiger partial charge in [0, 0.05) is 55.4 Å². The monoisotopic (exact) mass is 504 g/mol. The number of halogens is 2. The fourth-order valence-corrected chi connectivity index (χ4v) is 4.42. The number of hydrogen-bond acceptors (Lipinski definition) is 6. The molecule has 0 bridgehead atoms. The molecule has 1 fully saturated rings. The van der Waals surface area contributed by atoms with E-state index in [4.69, 9.17) is 0 Å². The maximum atomic E-state index is 13.1. The summed E-state index contributed by atoms with van der Waals surface area (Å²) in [6.07, 6.45) is 6.95. The van der Waals surface area contributed by atoms with Crippen LogP contribution in [0.3, 0.4) is 0 Å². The molecule has 5 rings (SSSR count).